The molecular weight excluding hydrogens is 288 g/mol. The van der Waals surface area contributed by atoms with Crippen molar-refractivity contribution in [3.8, 4) is 11.1 Å². The molecule has 1 heterocycles. The zero-order valence-corrected chi connectivity index (χ0v) is 12.5. The first-order valence-electron chi connectivity index (χ1n) is 7.33. The second-order valence-corrected chi connectivity index (χ2v) is 5.53. The monoisotopic (exact) mass is 302 g/mol. The number of hydrogen-bond donors (Lipinski definition) is 1. The summed E-state index contributed by atoms with van der Waals surface area (Å²) in [5, 5.41) is 11.6. The van der Waals surface area contributed by atoms with Crippen LogP contribution >= 0.6 is 0 Å². The summed E-state index contributed by atoms with van der Waals surface area (Å²) in [7, 11) is 1.74. The van der Waals surface area contributed by atoms with Crippen LogP contribution < -0.4 is 0 Å². The lowest BCUT2D eigenvalue weighted by atomic mass is 10.00. The van der Waals surface area contributed by atoms with Gasteiger partial charge in [0.05, 0.1) is 11.0 Å². The summed E-state index contributed by atoms with van der Waals surface area (Å²) in [5.74, 6) is -0.971. The smallest absolute Gasteiger partial charge is 0.372 e. The van der Waals surface area contributed by atoms with E-state index in [2.05, 4.69) is 35.3 Å². The third-order valence-electron chi connectivity index (χ3n) is 4.15. The van der Waals surface area contributed by atoms with Crippen molar-refractivity contribution in [1.29, 1.82) is 0 Å². The molecule has 0 fully saturated rings. The minimum Gasteiger partial charge on any atom is -0.475 e. The van der Waals surface area contributed by atoms with Crippen molar-refractivity contribution < 1.29 is 9.90 Å². The molecule has 0 bridgehead atoms. The number of fused-ring (bicyclic) bond motifs is 2. The van der Waals surface area contributed by atoms with Crippen molar-refractivity contribution in [3.05, 3.63) is 66.5 Å². The first-order chi connectivity index (χ1) is 11.1. The first kappa shape index (κ1) is 13.5. The number of carboxylic acids is 1. The van der Waals surface area contributed by atoms with Crippen LogP contribution in [0.2, 0.25) is 0 Å². The van der Waals surface area contributed by atoms with Crippen molar-refractivity contribution >= 4 is 27.8 Å². The molecule has 0 radical (unpaired) electrons. The third kappa shape index (κ3) is 2.07. The fourth-order valence-corrected chi connectivity index (χ4v) is 3.05. The molecule has 4 aromatic rings. The van der Waals surface area contributed by atoms with Gasteiger partial charge in [-0.05, 0) is 28.5 Å². The van der Waals surface area contributed by atoms with Gasteiger partial charge in [0, 0.05) is 12.6 Å². The van der Waals surface area contributed by atoms with Gasteiger partial charge in [0.15, 0.2) is 0 Å². The molecule has 0 amide bonds. The maximum Gasteiger partial charge on any atom is 0.372 e. The van der Waals surface area contributed by atoms with E-state index in [0.29, 0.717) is 5.52 Å². The summed E-state index contributed by atoms with van der Waals surface area (Å²) in [5.41, 5.74) is 3.56. The Morgan fingerprint density at radius 3 is 2.57 bits per heavy atom. The summed E-state index contributed by atoms with van der Waals surface area (Å²) in [6, 6.07) is 20.2. The second-order valence-electron chi connectivity index (χ2n) is 5.53. The van der Waals surface area contributed by atoms with Crippen LogP contribution in [0.4, 0.5) is 0 Å². The van der Waals surface area contributed by atoms with Gasteiger partial charge in [-0.2, -0.15) is 0 Å². The SMILES string of the molecule is Cn1c(C(=O)O)nc2cccc(-c3ccc4ccccc4c3)c21. The predicted molar refractivity (Wildman–Crippen MR) is 90.6 cm³/mol. The van der Waals surface area contributed by atoms with E-state index >= 15 is 0 Å². The van der Waals surface area contributed by atoms with E-state index in [4.69, 9.17) is 0 Å². The maximum absolute atomic E-state index is 11.3. The second kappa shape index (κ2) is 4.95. The van der Waals surface area contributed by atoms with Gasteiger partial charge in [-0.3, -0.25) is 0 Å². The fourth-order valence-electron chi connectivity index (χ4n) is 3.05. The van der Waals surface area contributed by atoms with Crippen molar-refractivity contribution in [1.82, 2.24) is 9.55 Å². The molecule has 0 atom stereocenters. The number of rotatable bonds is 2. The Morgan fingerprint density at radius 1 is 1.00 bits per heavy atom. The van der Waals surface area contributed by atoms with E-state index in [1.165, 1.54) is 5.39 Å². The zero-order chi connectivity index (χ0) is 16.0. The molecule has 0 saturated carbocycles. The Morgan fingerprint density at radius 2 is 1.78 bits per heavy atom. The van der Waals surface area contributed by atoms with Crippen molar-refractivity contribution in [2.75, 3.05) is 0 Å². The van der Waals surface area contributed by atoms with Crippen LogP contribution in [0.3, 0.4) is 0 Å². The summed E-state index contributed by atoms with van der Waals surface area (Å²) in [6.45, 7) is 0. The first-order valence-corrected chi connectivity index (χ1v) is 7.33. The Balaban J connectivity index is 2.02. The van der Waals surface area contributed by atoms with Crippen molar-refractivity contribution in [2.24, 2.45) is 7.05 Å². The lowest BCUT2D eigenvalue weighted by Gasteiger charge is -2.07. The van der Waals surface area contributed by atoms with Crippen LogP contribution in [0, 0.1) is 0 Å². The average Bonchev–Trinajstić information content (AvgIpc) is 2.92. The number of benzene rings is 3. The molecule has 4 rings (SSSR count). The molecule has 4 nitrogen and oxygen atoms in total. The number of imidazole rings is 1. The van der Waals surface area contributed by atoms with Crippen LogP contribution in [0.15, 0.2) is 60.7 Å². The van der Waals surface area contributed by atoms with E-state index in [9.17, 15) is 9.90 Å². The van der Waals surface area contributed by atoms with Crippen LogP contribution in [0.5, 0.6) is 0 Å². The van der Waals surface area contributed by atoms with E-state index in [-0.39, 0.29) is 5.82 Å². The zero-order valence-electron chi connectivity index (χ0n) is 12.5. The van der Waals surface area contributed by atoms with Gasteiger partial charge in [0.1, 0.15) is 0 Å². The lowest BCUT2D eigenvalue weighted by molar-refractivity contribution is 0.0680. The van der Waals surface area contributed by atoms with Gasteiger partial charge >= 0.3 is 5.97 Å². The number of carboxylic acid groups (broad SMARTS) is 1. The number of aryl methyl sites for hydroxylation is 1. The van der Waals surface area contributed by atoms with E-state index in [1.807, 2.05) is 30.3 Å². The Hall–Kier alpha value is -3.14. The third-order valence-corrected chi connectivity index (χ3v) is 4.15. The number of hydrogen-bond acceptors (Lipinski definition) is 2. The predicted octanol–water partition coefficient (Wildman–Crippen LogP) is 4.09. The molecule has 4 heteroatoms. The van der Waals surface area contributed by atoms with Gasteiger partial charge in [-0.15, -0.1) is 0 Å². The van der Waals surface area contributed by atoms with Crippen LogP contribution in [-0.4, -0.2) is 20.6 Å². The highest BCUT2D eigenvalue weighted by Crippen LogP contribution is 2.31. The largest absolute Gasteiger partial charge is 0.475 e. The van der Waals surface area contributed by atoms with Gasteiger partial charge in [0.2, 0.25) is 5.82 Å². The Kier molecular flexibility index (Phi) is 2.91. The molecule has 1 aromatic heterocycles. The van der Waals surface area contributed by atoms with E-state index < -0.39 is 5.97 Å². The molecule has 0 unspecified atom stereocenters. The molecule has 3 aromatic carbocycles. The van der Waals surface area contributed by atoms with Gasteiger partial charge in [-0.25, -0.2) is 9.78 Å². The highest BCUT2D eigenvalue weighted by molar-refractivity contribution is 5.98. The van der Waals surface area contributed by atoms with Gasteiger partial charge < -0.3 is 9.67 Å². The Bertz CT molecular complexity index is 1060. The standard InChI is InChI=1S/C19H14N2O2/c1-21-17-15(7-4-8-16(17)20-18(21)19(22)23)14-10-9-12-5-2-3-6-13(12)11-14/h2-11H,1H3,(H,22,23). The number of aromatic nitrogens is 2. The molecule has 23 heavy (non-hydrogen) atoms. The number of nitrogens with zero attached hydrogens (tertiary/aromatic N) is 2. The molecule has 0 spiro atoms. The average molecular weight is 302 g/mol. The molecular formula is C19H14N2O2. The molecule has 0 aliphatic carbocycles. The molecule has 0 saturated heterocycles. The minimum absolute atomic E-state index is 0.0493. The summed E-state index contributed by atoms with van der Waals surface area (Å²) < 4.78 is 1.64. The molecule has 0 aliphatic heterocycles. The molecule has 0 aliphatic rings. The lowest BCUT2D eigenvalue weighted by Crippen LogP contribution is -2.05. The fraction of sp³-hybridized carbons (Fsp3) is 0.0526. The number of aromatic carboxylic acids is 1. The topological polar surface area (TPSA) is 55.1 Å². The number of carbonyl (C=O) groups is 1. The molecule has 1 N–H and O–H groups in total. The van der Waals surface area contributed by atoms with Gasteiger partial charge in [0.25, 0.3) is 0 Å². The normalized spacial score (nSPS) is 11.2. The van der Waals surface area contributed by atoms with E-state index in [1.54, 1.807) is 11.6 Å². The summed E-state index contributed by atoms with van der Waals surface area (Å²) in [6.07, 6.45) is 0. The summed E-state index contributed by atoms with van der Waals surface area (Å²) in [4.78, 5) is 15.6. The number of para-hydroxylation sites is 1. The van der Waals surface area contributed by atoms with Crippen molar-refractivity contribution in [2.45, 2.75) is 0 Å². The van der Waals surface area contributed by atoms with Crippen LogP contribution in [-0.2, 0) is 7.05 Å². The Labute approximate surface area is 132 Å². The van der Waals surface area contributed by atoms with Gasteiger partial charge in [-0.1, -0.05) is 48.5 Å². The van der Waals surface area contributed by atoms with Crippen LogP contribution in [0.25, 0.3) is 32.9 Å². The van der Waals surface area contributed by atoms with Crippen molar-refractivity contribution in [3.63, 3.8) is 0 Å². The highest BCUT2D eigenvalue weighted by Gasteiger charge is 2.17. The highest BCUT2D eigenvalue weighted by atomic mass is 16.4. The summed E-state index contributed by atoms with van der Waals surface area (Å²) >= 11 is 0. The molecule has 112 valence electrons. The van der Waals surface area contributed by atoms with Crippen LogP contribution in [0.1, 0.15) is 10.6 Å². The quantitative estimate of drug-likeness (QED) is 0.606. The van der Waals surface area contributed by atoms with E-state index in [0.717, 1.165) is 22.0 Å². The minimum atomic E-state index is -1.02. The maximum atomic E-state index is 11.3.